The monoisotopic (exact) mass is 411 g/mol. The Kier molecular flexibility index (Phi) is 5.89. The fraction of sp³-hybridized carbons (Fsp3) is 0.148. The second-order valence-electron chi connectivity index (χ2n) is 7.62. The van der Waals surface area contributed by atoms with E-state index in [0.717, 1.165) is 38.9 Å². The van der Waals surface area contributed by atoms with Crippen molar-refractivity contribution in [1.29, 1.82) is 0 Å². The number of anilines is 1. The van der Waals surface area contributed by atoms with E-state index in [2.05, 4.69) is 11.4 Å². The van der Waals surface area contributed by atoms with Gasteiger partial charge in [0.1, 0.15) is 18.1 Å². The van der Waals surface area contributed by atoms with Crippen molar-refractivity contribution >= 4 is 22.4 Å². The fourth-order valence-electron chi connectivity index (χ4n) is 3.74. The highest BCUT2D eigenvalue weighted by atomic mass is 16.5. The molecule has 0 saturated heterocycles. The van der Waals surface area contributed by atoms with Crippen LogP contribution in [0.3, 0.4) is 0 Å². The molecule has 1 N–H and O–H groups in total. The molecule has 0 atom stereocenters. The molecule has 0 aliphatic carbocycles. The molecule has 0 heterocycles. The summed E-state index contributed by atoms with van der Waals surface area (Å²) in [6, 6.07) is 25.3. The van der Waals surface area contributed by atoms with Crippen molar-refractivity contribution in [3.63, 3.8) is 0 Å². The van der Waals surface area contributed by atoms with Crippen LogP contribution in [0.5, 0.6) is 11.5 Å². The van der Waals surface area contributed by atoms with Crippen molar-refractivity contribution in [2.24, 2.45) is 0 Å². The molecule has 4 aromatic rings. The third-order valence-electron chi connectivity index (χ3n) is 5.17. The summed E-state index contributed by atoms with van der Waals surface area (Å²) in [5.74, 6) is 1.31. The maximum Gasteiger partial charge on any atom is 0.255 e. The number of methoxy groups -OCH3 is 1. The van der Waals surface area contributed by atoms with Gasteiger partial charge < -0.3 is 14.8 Å². The zero-order valence-corrected chi connectivity index (χ0v) is 17.9. The van der Waals surface area contributed by atoms with Gasteiger partial charge in [-0.15, -0.1) is 0 Å². The number of hydrogen-bond acceptors (Lipinski definition) is 3. The number of rotatable bonds is 6. The zero-order chi connectivity index (χ0) is 21.8. The number of carbonyl (C=O) groups is 1. The molecule has 0 unspecified atom stereocenters. The van der Waals surface area contributed by atoms with Crippen LogP contribution in [0.25, 0.3) is 10.8 Å². The highest BCUT2D eigenvalue weighted by Gasteiger charge is 2.13. The molecule has 0 spiro atoms. The third kappa shape index (κ3) is 4.69. The first-order valence-electron chi connectivity index (χ1n) is 10.2. The standard InChI is InChI=1S/C27H25NO3/c1-18-13-19(2)15-23(14-18)31-17-22-16-21(11-12-26(22)30-3)27(29)28-25-10-6-8-20-7-4-5-9-24(20)25/h4-16H,17H2,1-3H3,(H,28,29). The molecule has 4 rings (SSSR count). The van der Waals surface area contributed by atoms with Crippen LogP contribution < -0.4 is 14.8 Å². The van der Waals surface area contributed by atoms with Gasteiger partial charge in [0.05, 0.1) is 7.11 Å². The van der Waals surface area contributed by atoms with Crippen molar-refractivity contribution in [3.05, 3.63) is 101 Å². The number of hydrogen-bond donors (Lipinski definition) is 1. The number of carbonyl (C=O) groups excluding carboxylic acids is 1. The van der Waals surface area contributed by atoms with E-state index in [-0.39, 0.29) is 5.91 Å². The van der Waals surface area contributed by atoms with Crippen LogP contribution in [0.4, 0.5) is 5.69 Å². The van der Waals surface area contributed by atoms with E-state index in [1.165, 1.54) is 0 Å². The van der Waals surface area contributed by atoms with Crippen molar-refractivity contribution in [2.75, 3.05) is 12.4 Å². The Bertz CT molecular complexity index is 1220. The molecule has 0 saturated carbocycles. The number of aryl methyl sites for hydroxylation is 2. The first kappa shape index (κ1) is 20.5. The summed E-state index contributed by atoms with van der Waals surface area (Å²) >= 11 is 0. The van der Waals surface area contributed by atoms with Gasteiger partial charge in [0.2, 0.25) is 0 Å². The van der Waals surface area contributed by atoms with E-state index in [0.29, 0.717) is 17.9 Å². The summed E-state index contributed by atoms with van der Waals surface area (Å²) in [5, 5.41) is 5.12. The molecule has 0 bridgehead atoms. The summed E-state index contributed by atoms with van der Waals surface area (Å²) in [7, 11) is 1.62. The molecular weight excluding hydrogens is 386 g/mol. The number of amides is 1. The van der Waals surface area contributed by atoms with E-state index in [9.17, 15) is 4.79 Å². The van der Waals surface area contributed by atoms with Gasteiger partial charge in [0, 0.05) is 22.2 Å². The van der Waals surface area contributed by atoms with Crippen molar-refractivity contribution in [2.45, 2.75) is 20.5 Å². The Hall–Kier alpha value is -3.79. The first-order valence-corrected chi connectivity index (χ1v) is 10.2. The average molecular weight is 412 g/mol. The minimum absolute atomic E-state index is 0.174. The quantitative estimate of drug-likeness (QED) is 0.405. The topological polar surface area (TPSA) is 47.6 Å². The molecule has 0 radical (unpaired) electrons. The lowest BCUT2D eigenvalue weighted by Gasteiger charge is -2.14. The molecule has 156 valence electrons. The van der Waals surface area contributed by atoms with Crippen LogP contribution in [0.15, 0.2) is 78.9 Å². The number of fused-ring (bicyclic) bond motifs is 1. The normalized spacial score (nSPS) is 10.7. The van der Waals surface area contributed by atoms with Gasteiger partial charge in [-0.2, -0.15) is 0 Å². The summed E-state index contributed by atoms with van der Waals surface area (Å²) in [4.78, 5) is 13.0. The maximum atomic E-state index is 13.0. The van der Waals surface area contributed by atoms with Crippen LogP contribution in [0.2, 0.25) is 0 Å². The Morgan fingerprint density at radius 2 is 1.61 bits per heavy atom. The minimum atomic E-state index is -0.174. The van der Waals surface area contributed by atoms with Crippen molar-refractivity contribution in [3.8, 4) is 11.5 Å². The van der Waals surface area contributed by atoms with Crippen LogP contribution in [-0.4, -0.2) is 13.0 Å². The SMILES string of the molecule is COc1ccc(C(=O)Nc2cccc3ccccc23)cc1COc1cc(C)cc(C)c1. The Morgan fingerprint density at radius 1 is 0.871 bits per heavy atom. The average Bonchev–Trinajstić information content (AvgIpc) is 2.77. The van der Waals surface area contributed by atoms with Gasteiger partial charge in [-0.25, -0.2) is 0 Å². The van der Waals surface area contributed by atoms with Crippen LogP contribution >= 0.6 is 0 Å². The molecular formula is C27H25NO3. The van der Waals surface area contributed by atoms with Gasteiger partial charge in [0.25, 0.3) is 5.91 Å². The lowest BCUT2D eigenvalue weighted by molar-refractivity contribution is 0.102. The summed E-state index contributed by atoms with van der Waals surface area (Å²) < 4.78 is 11.5. The van der Waals surface area contributed by atoms with Gasteiger partial charge in [0.15, 0.2) is 0 Å². The van der Waals surface area contributed by atoms with Gasteiger partial charge in [-0.05, 0) is 66.8 Å². The first-order chi connectivity index (χ1) is 15.0. The Labute approximate surface area is 182 Å². The number of nitrogens with one attached hydrogen (secondary N) is 1. The molecule has 4 aromatic carbocycles. The highest BCUT2D eigenvalue weighted by Crippen LogP contribution is 2.26. The molecule has 0 aliphatic heterocycles. The zero-order valence-electron chi connectivity index (χ0n) is 17.9. The minimum Gasteiger partial charge on any atom is -0.496 e. The molecule has 0 aromatic heterocycles. The predicted molar refractivity (Wildman–Crippen MR) is 125 cm³/mol. The lowest BCUT2D eigenvalue weighted by Crippen LogP contribution is -2.13. The van der Waals surface area contributed by atoms with Gasteiger partial charge in [-0.3, -0.25) is 4.79 Å². The van der Waals surface area contributed by atoms with E-state index in [1.54, 1.807) is 19.2 Å². The maximum absolute atomic E-state index is 13.0. The number of benzene rings is 4. The smallest absolute Gasteiger partial charge is 0.255 e. The van der Waals surface area contributed by atoms with E-state index in [1.807, 2.05) is 74.5 Å². The lowest BCUT2D eigenvalue weighted by atomic mass is 10.1. The van der Waals surface area contributed by atoms with E-state index < -0.39 is 0 Å². The van der Waals surface area contributed by atoms with Gasteiger partial charge in [-0.1, -0.05) is 42.5 Å². The van der Waals surface area contributed by atoms with Crippen molar-refractivity contribution in [1.82, 2.24) is 0 Å². The van der Waals surface area contributed by atoms with E-state index >= 15 is 0 Å². The number of ether oxygens (including phenoxy) is 2. The summed E-state index contributed by atoms with van der Waals surface area (Å²) in [5.41, 5.74) is 4.43. The largest absolute Gasteiger partial charge is 0.496 e. The van der Waals surface area contributed by atoms with Gasteiger partial charge >= 0.3 is 0 Å². The molecule has 4 heteroatoms. The predicted octanol–water partition coefficient (Wildman–Crippen LogP) is 6.30. The van der Waals surface area contributed by atoms with E-state index in [4.69, 9.17) is 9.47 Å². The molecule has 4 nitrogen and oxygen atoms in total. The Balaban J connectivity index is 1.56. The second kappa shape index (κ2) is 8.92. The molecule has 1 amide bonds. The van der Waals surface area contributed by atoms with Crippen molar-refractivity contribution < 1.29 is 14.3 Å². The Morgan fingerprint density at radius 3 is 2.39 bits per heavy atom. The third-order valence-corrected chi connectivity index (χ3v) is 5.17. The van der Waals surface area contributed by atoms with Crippen LogP contribution in [0, 0.1) is 13.8 Å². The molecule has 0 aliphatic rings. The fourth-order valence-corrected chi connectivity index (χ4v) is 3.74. The summed E-state index contributed by atoms with van der Waals surface area (Å²) in [6.45, 7) is 4.39. The van der Waals surface area contributed by atoms with Crippen LogP contribution in [0.1, 0.15) is 27.0 Å². The molecule has 0 fully saturated rings. The highest BCUT2D eigenvalue weighted by molar-refractivity contribution is 6.09. The molecule has 31 heavy (non-hydrogen) atoms. The van der Waals surface area contributed by atoms with Crippen LogP contribution in [-0.2, 0) is 6.61 Å². The summed E-state index contributed by atoms with van der Waals surface area (Å²) in [6.07, 6.45) is 0. The second-order valence-corrected chi connectivity index (χ2v) is 7.62.